The number of hydrazone groups is 1. The molecule has 0 spiro atoms. The summed E-state index contributed by atoms with van der Waals surface area (Å²) in [7, 11) is 0. The zero-order valence-corrected chi connectivity index (χ0v) is 14.0. The van der Waals surface area contributed by atoms with Crippen molar-refractivity contribution in [3.8, 4) is 5.75 Å². The molecule has 0 bridgehead atoms. The lowest BCUT2D eigenvalue weighted by atomic mass is 10.1. The van der Waals surface area contributed by atoms with Gasteiger partial charge in [-0.3, -0.25) is 4.79 Å². The van der Waals surface area contributed by atoms with E-state index in [4.69, 9.17) is 9.47 Å². The van der Waals surface area contributed by atoms with E-state index in [1.807, 2.05) is 62.4 Å². The molecule has 3 rings (SSSR count). The summed E-state index contributed by atoms with van der Waals surface area (Å²) in [4.78, 5) is 11.9. The topological polar surface area (TPSA) is 51.1 Å². The van der Waals surface area contributed by atoms with Crippen molar-refractivity contribution >= 4 is 11.8 Å². The summed E-state index contributed by atoms with van der Waals surface area (Å²) >= 11 is 0. The lowest BCUT2D eigenvalue weighted by Crippen LogP contribution is -2.25. The van der Waals surface area contributed by atoms with E-state index in [1.54, 1.807) is 0 Å². The second-order valence-electron chi connectivity index (χ2n) is 5.61. The van der Waals surface area contributed by atoms with Gasteiger partial charge >= 0.3 is 0 Å². The first kappa shape index (κ1) is 16.1. The van der Waals surface area contributed by atoms with Crippen molar-refractivity contribution in [1.82, 2.24) is 5.01 Å². The molecule has 2 aromatic rings. The number of nitrogens with zero attached hydrogens (tertiary/aromatic N) is 2. The minimum Gasteiger partial charge on any atom is -0.494 e. The van der Waals surface area contributed by atoms with Crippen LogP contribution in [0.5, 0.6) is 5.75 Å². The molecule has 0 aliphatic carbocycles. The number of benzene rings is 2. The van der Waals surface area contributed by atoms with Crippen molar-refractivity contribution in [2.45, 2.75) is 27.0 Å². The summed E-state index contributed by atoms with van der Waals surface area (Å²) < 4.78 is 11.4. The quantitative estimate of drug-likeness (QED) is 0.863. The van der Waals surface area contributed by atoms with E-state index in [-0.39, 0.29) is 5.91 Å². The fourth-order valence-corrected chi connectivity index (χ4v) is 2.49. The van der Waals surface area contributed by atoms with Gasteiger partial charge in [-0.1, -0.05) is 17.7 Å². The molecule has 5 heteroatoms. The van der Waals surface area contributed by atoms with Crippen LogP contribution in [0.3, 0.4) is 0 Å². The van der Waals surface area contributed by atoms with Gasteiger partial charge in [-0.15, -0.1) is 5.10 Å². The van der Waals surface area contributed by atoms with Crippen LogP contribution in [-0.4, -0.2) is 23.4 Å². The van der Waals surface area contributed by atoms with Crippen LogP contribution in [-0.2, 0) is 9.53 Å². The van der Waals surface area contributed by atoms with E-state index in [0.717, 1.165) is 22.4 Å². The number of hydrogen-bond donors (Lipinski definition) is 0. The van der Waals surface area contributed by atoms with E-state index in [1.165, 1.54) is 11.9 Å². The molecule has 0 saturated carbocycles. The van der Waals surface area contributed by atoms with Gasteiger partial charge in [0.05, 0.1) is 6.61 Å². The summed E-state index contributed by atoms with van der Waals surface area (Å²) in [5, 5.41) is 5.72. The van der Waals surface area contributed by atoms with Gasteiger partial charge in [0, 0.05) is 18.1 Å². The van der Waals surface area contributed by atoms with Crippen LogP contribution in [0.1, 0.15) is 36.8 Å². The van der Waals surface area contributed by atoms with Gasteiger partial charge < -0.3 is 9.47 Å². The normalized spacial score (nSPS) is 16.5. The molecule has 0 aromatic heterocycles. The molecular formula is C19H20N2O3. The van der Waals surface area contributed by atoms with Crippen LogP contribution in [0.4, 0.5) is 0 Å². The van der Waals surface area contributed by atoms with E-state index < -0.39 is 6.23 Å². The zero-order chi connectivity index (χ0) is 17.1. The molecule has 2 aromatic carbocycles. The van der Waals surface area contributed by atoms with Crippen molar-refractivity contribution in [1.29, 1.82) is 0 Å². The predicted molar refractivity (Wildman–Crippen MR) is 91.7 cm³/mol. The Morgan fingerprint density at radius 1 is 1.17 bits per heavy atom. The summed E-state index contributed by atoms with van der Waals surface area (Å²) in [5.74, 6) is 1.06. The molecule has 0 unspecified atom stereocenters. The minimum absolute atomic E-state index is 0.170. The third-order valence-electron chi connectivity index (χ3n) is 3.74. The number of carbonyl (C=O) groups excluding carboxylic acids is 1. The van der Waals surface area contributed by atoms with Crippen molar-refractivity contribution in [3.63, 3.8) is 0 Å². The summed E-state index contributed by atoms with van der Waals surface area (Å²) in [6.07, 6.45) is -0.561. The maximum Gasteiger partial charge on any atom is 0.243 e. The highest BCUT2D eigenvalue weighted by atomic mass is 16.5. The van der Waals surface area contributed by atoms with Crippen molar-refractivity contribution in [2.24, 2.45) is 5.10 Å². The van der Waals surface area contributed by atoms with Crippen LogP contribution >= 0.6 is 0 Å². The molecule has 0 radical (unpaired) electrons. The average molecular weight is 324 g/mol. The van der Waals surface area contributed by atoms with Gasteiger partial charge in [0.2, 0.25) is 18.0 Å². The third kappa shape index (κ3) is 3.25. The zero-order valence-electron chi connectivity index (χ0n) is 14.0. The Bertz CT molecular complexity index is 751. The minimum atomic E-state index is -0.561. The summed E-state index contributed by atoms with van der Waals surface area (Å²) in [6, 6.07) is 15.4. The van der Waals surface area contributed by atoms with Crippen LogP contribution in [0.25, 0.3) is 0 Å². The Morgan fingerprint density at radius 2 is 1.83 bits per heavy atom. The van der Waals surface area contributed by atoms with Crippen LogP contribution in [0.2, 0.25) is 0 Å². The van der Waals surface area contributed by atoms with Crippen molar-refractivity contribution in [2.75, 3.05) is 6.61 Å². The first-order chi connectivity index (χ1) is 11.6. The predicted octanol–water partition coefficient (Wildman–Crippen LogP) is 3.63. The number of amides is 1. The lowest BCUT2D eigenvalue weighted by Gasteiger charge is -2.19. The molecule has 124 valence electrons. The Kier molecular flexibility index (Phi) is 4.51. The number of carbonyl (C=O) groups is 1. The SMILES string of the molecule is CCOc1ccc([C@H]2OC(c3ccc(C)cc3)=NN2C(C)=O)cc1. The second kappa shape index (κ2) is 6.74. The summed E-state index contributed by atoms with van der Waals surface area (Å²) in [6.45, 7) is 6.05. The maximum atomic E-state index is 11.9. The summed E-state index contributed by atoms with van der Waals surface area (Å²) in [5.41, 5.74) is 2.85. The molecule has 1 amide bonds. The molecule has 1 aliphatic heterocycles. The van der Waals surface area contributed by atoms with Gasteiger partial charge in [0.15, 0.2) is 0 Å². The average Bonchev–Trinajstić information content (AvgIpc) is 3.02. The number of aryl methyl sites for hydroxylation is 1. The molecule has 5 nitrogen and oxygen atoms in total. The lowest BCUT2D eigenvalue weighted by molar-refractivity contribution is -0.135. The number of hydrogen-bond acceptors (Lipinski definition) is 4. The highest BCUT2D eigenvalue weighted by molar-refractivity contribution is 5.96. The van der Waals surface area contributed by atoms with Gasteiger partial charge in [-0.2, -0.15) is 5.01 Å². The van der Waals surface area contributed by atoms with Gasteiger partial charge in [0.1, 0.15) is 5.75 Å². The first-order valence-corrected chi connectivity index (χ1v) is 7.93. The molecule has 1 atom stereocenters. The number of ether oxygens (including phenoxy) is 2. The molecule has 0 N–H and O–H groups in total. The molecule has 1 heterocycles. The Morgan fingerprint density at radius 3 is 2.42 bits per heavy atom. The maximum absolute atomic E-state index is 11.9. The fraction of sp³-hybridized carbons (Fsp3) is 0.263. The molecule has 0 fully saturated rings. The van der Waals surface area contributed by atoms with E-state index in [0.29, 0.717) is 12.5 Å². The monoisotopic (exact) mass is 324 g/mol. The first-order valence-electron chi connectivity index (χ1n) is 7.93. The van der Waals surface area contributed by atoms with Crippen molar-refractivity contribution in [3.05, 3.63) is 65.2 Å². The molecule has 0 saturated heterocycles. The van der Waals surface area contributed by atoms with E-state index in [2.05, 4.69) is 5.10 Å². The van der Waals surface area contributed by atoms with Gasteiger partial charge in [0.25, 0.3) is 0 Å². The van der Waals surface area contributed by atoms with E-state index >= 15 is 0 Å². The third-order valence-corrected chi connectivity index (χ3v) is 3.74. The smallest absolute Gasteiger partial charge is 0.243 e. The van der Waals surface area contributed by atoms with Gasteiger partial charge in [-0.05, 0) is 50.2 Å². The molecule has 24 heavy (non-hydrogen) atoms. The van der Waals surface area contributed by atoms with Crippen LogP contribution < -0.4 is 4.74 Å². The fourth-order valence-electron chi connectivity index (χ4n) is 2.49. The largest absolute Gasteiger partial charge is 0.494 e. The van der Waals surface area contributed by atoms with E-state index in [9.17, 15) is 4.79 Å². The number of rotatable bonds is 4. The van der Waals surface area contributed by atoms with Crippen LogP contribution in [0, 0.1) is 6.92 Å². The Labute approximate surface area is 141 Å². The molecule has 1 aliphatic rings. The molecular weight excluding hydrogens is 304 g/mol. The van der Waals surface area contributed by atoms with Crippen molar-refractivity contribution < 1.29 is 14.3 Å². The Hall–Kier alpha value is -2.82. The second-order valence-corrected chi connectivity index (χ2v) is 5.61. The van der Waals surface area contributed by atoms with Crippen LogP contribution in [0.15, 0.2) is 53.6 Å². The highest BCUT2D eigenvalue weighted by Gasteiger charge is 2.32. The standard InChI is InChI=1S/C19H20N2O3/c1-4-23-17-11-9-16(10-12-17)19-21(14(3)22)20-18(24-19)15-7-5-13(2)6-8-15/h5-12,19H,4H2,1-3H3/t19-/m1/s1. The van der Waals surface area contributed by atoms with Gasteiger partial charge in [-0.25, -0.2) is 0 Å². The highest BCUT2D eigenvalue weighted by Crippen LogP contribution is 2.31. The Balaban J connectivity index is 1.86.